The molecular formula is C13H8BrN3O3S. The molecule has 21 heavy (non-hydrogen) atoms. The van der Waals surface area contributed by atoms with E-state index in [1.165, 1.54) is 5.38 Å². The van der Waals surface area contributed by atoms with Gasteiger partial charge < -0.3 is 10.8 Å². The van der Waals surface area contributed by atoms with Crippen molar-refractivity contribution in [2.24, 2.45) is 0 Å². The third-order valence-electron chi connectivity index (χ3n) is 2.96. The summed E-state index contributed by atoms with van der Waals surface area (Å²) in [4.78, 5) is 23.9. The van der Waals surface area contributed by atoms with Crippen LogP contribution in [0.15, 0.2) is 38.9 Å². The normalized spacial score (nSPS) is 10.9. The minimum Gasteiger partial charge on any atom is -0.476 e. The van der Waals surface area contributed by atoms with Crippen LogP contribution >= 0.6 is 27.3 Å². The molecule has 0 saturated heterocycles. The molecule has 0 bridgehead atoms. The molecule has 2 heterocycles. The van der Waals surface area contributed by atoms with Gasteiger partial charge in [-0.25, -0.2) is 4.79 Å². The van der Waals surface area contributed by atoms with Gasteiger partial charge in [-0.2, -0.15) is 9.78 Å². The van der Waals surface area contributed by atoms with Gasteiger partial charge in [-0.05, 0) is 28.1 Å². The minimum absolute atomic E-state index is 0.183. The summed E-state index contributed by atoms with van der Waals surface area (Å²) >= 11 is 4.45. The molecule has 106 valence electrons. The van der Waals surface area contributed by atoms with Gasteiger partial charge in [-0.1, -0.05) is 12.1 Å². The summed E-state index contributed by atoms with van der Waals surface area (Å²) in [5, 5.41) is 15.5. The van der Waals surface area contributed by atoms with Crippen molar-refractivity contribution in [3.8, 4) is 5.69 Å². The number of aromatic carboxylic acids is 1. The first-order valence-corrected chi connectivity index (χ1v) is 7.46. The van der Waals surface area contributed by atoms with Crippen LogP contribution in [-0.4, -0.2) is 20.9 Å². The molecule has 0 spiro atoms. The molecule has 3 aromatic rings. The number of fused-ring (bicyclic) bond motifs is 1. The molecule has 2 aromatic heterocycles. The Labute approximate surface area is 130 Å². The van der Waals surface area contributed by atoms with Gasteiger partial charge >= 0.3 is 5.97 Å². The monoisotopic (exact) mass is 365 g/mol. The summed E-state index contributed by atoms with van der Waals surface area (Å²) in [6.45, 7) is 0. The SMILES string of the molecule is Nc1scc2c(C(=O)O)nn(-c3ccccc3Br)c(=O)c12. The van der Waals surface area contributed by atoms with E-state index in [-0.39, 0.29) is 21.5 Å². The third-order valence-corrected chi connectivity index (χ3v) is 4.45. The number of halogens is 1. The van der Waals surface area contributed by atoms with Crippen molar-refractivity contribution in [2.75, 3.05) is 5.73 Å². The number of aromatic nitrogens is 2. The van der Waals surface area contributed by atoms with Gasteiger partial charge in [0, 0.05) is 15.2 Å². The van der Waals surface area contributed by atoms with Gasteiger partial charge in [0.25, 0.3) is 5.56 Å². The van der Waals surface area contributed by atoms with E-state index in [0.29, 0.717) is 10.2 Å². The number of nitrogen functional groups attached to an aromatic ring is 1. The molecule has 8 heteroatoms. The zero-order valence-electron chi connectivity index (χ0n) is 10.4. The molecule has 1 aromatic carbocycles. The number of carbonyl (C=O) groups is 1. The summed E-state index contributed by atoms with van der Waals surface area (Å²) in [7, 11) is 0. The number of anilines is 1. The fourth-order valence-electron chi connectivity index (χ4n) is 2.02. The molecule has 3 rings (SSSR count). The van der Waals surface area contributed by atoms with E-state index in [9.17, 15) is 14.7 Å². The number of nitrogens with zero attached hydrogens (tertiary/aromatic N) is 2. The number of benzene rings is 1. The molecule has 0 saturated carbocycles. The first kappa shape index (κ1) is 13.8. The van der Waals surface area contributed by atoms with E-state index >= 15 is 0 Å². The van der Waals surface area contributed by atoms with Crippen molar-refractivity contribution >= 4 is 49.0 Å². The number of rotatable bonds is 2. The lowest BCUT2D eigenvalue weighted by molar-refractivity contribution is 0.0691. The number of hydrogen-bond donors (Lipinski definition) is 2. The highest BCUT2D eigenvalue weighted by Gasteiger charge is 2.20. The zero-order valence-corrected chi connectivity index (χ0v) is 12.8. The van der Waals surface area contributed by atoms with Crippen molar-refractivity contribution in [2.45, 2.75) is 0 Å². The number of carboxylic acids is 1. The molecular weight excluding hydrogens is 358 g/mol. The molecule has 0 atom stereocenters. The minimum atomic E-state index is -1.21. The highest BCUT2D eigenvalue weighted by atomic mass is 79.9. The van der Waals surface area contributed by atoms with Gasteiger partial charge in [0.05, 0.1) is 16.1 Å². The van der Waals surface area contributed by atoms with Crippen molar-refractivity contribution < 1.29 is 9.90 Å². The molecule has 0 radical (unpaired) electrons. The summed E-state index contributed by atoms with van der Waals surface area (Å²) in [5.74, 6) is -1.21. The quantitative estimate of drug-likeness (QED) is 0.726. The summed E-state index contributed by atoms with van der Waals surface area (Å²) < 4.78 is 1.68. The standard InChI is InChI=1S/C13H8BrN3O3S/c14-7-3-1-2-4-8(7)17-12(18)9-6(5-21-11(9)15)10(16-17)13(19)20/h1-5H,15H2,(H,19,20). The van der Waals surface area contributed by atoms with E-state index in [0.717, 1.165) is 16.0 Å². The predicted octanol–water partition coefficient (Wildman–Crippen LogP) is 2.49. The first-order valence-electron chi connectivity index (χ1n) is 5.79. The van der Waals surface area contributed by atoms with Crippen LogP contribution in [-0.2, 0) is 0 Å². The van der Waals surface area contributed by atoms with Crippen LogP contribution < -0.4 is 11.3 Å². The lowest BCUT2D eigenvalue weighted by Crippen LogP contribution is -2.24. The lowest BCUT2D eigenvalue weighted by atomic mass is 10.2. The van der Waals surface area contributed by atoms with Gasteiger partial charge in [0.2, 0.25) is 0 Å². The fraction of sp³-hybridized carbons (Fsp3) is 0. The van der Waals surface area contributed by atoms with Crippen molar-refractivity contribution in [3.63, 3.8) is 0 Å². The molecule has 0 aliphatic carbocycles. The van der Waals surface area contributed by atoms with Crippen LogP contribution in [0.1, 0.15) is 10.5 Å². The Morgan fingerprint density at radius 3 is 2.76 bits per heavy atom. The first-order chi connectivity index (χ1) is 10.0. The van der Waals surface area contributed by atoms with E-state index in [4.69, 9.17) is 5.73 Å². The Hall–Kier alpha value is -2.19. The average molecular weight is 366 g/mol. The second kappa shape index (κ2) is 4.97. The molecule has 0 amide bonds. The van der Waals surface area contributed by atoms with Gasteiger partial charge in [0.1, 0.15) is 0 Å². The number of carboxylic acid groups (broad SMARTS) is 1. The topological polar surface area (TPSA) is 98.2 Å². The maximum absolute atomic E-state index is 12.6. The molecule has 6 nitrogen and oxygen atoms in total. The van der Waals surface area contributed by atoms with Gasteiger partial charge in [-0.3, -0.25) is 4.79 Å². The van der Waals surface area contributed by atoms with Crippen molar-refractivity contribution in [1.29, 1.82) is 0 Å². The van der Waals surface area contributed by atoms with E-state index in [1.54, 1.807) is 24.3 Å². The van der Waals surface area contributed by atoms with Crippen molar-refractivity contribution in [1.82, 2.24) is 9.78 Å². The molecule has 0 aliphatic heterocycles. The van der Waals surface area contributed by atoms with Crippen LogP contribution in [0, 0.1) is 0 Å². The highest BCUT2D eigenvalue weighted by Crippen LogP contribution is 2.28. The largest absolute Gasteiger partial charge is 0.476 e. The molecule has 0 fully saturated rings. The summed E-state index contributed by atoms with van der Waals surface area (Å²) in [6, 6.07) is 6.92. The van der Waals surface area contributed by atoms with Gasteiger partial charge in [-0.15, -0.1) is 11.3 Å². The van der Waals surface area contributed by atoms with Crippen molar-refractivity contribution in [3.05, 3.63) is 50.2 Å². The number of nitrogens with two attached hydrogens (primary N) is 1. The average Bonchev–Trinajstić information content (AvgIpc) is 2.83. The lowest BCUT2D eigenvalue weighted by Gasteiger charge is -2.08. The van der Waals surface area contributed by atoms with E-state index in [1.807, 2.05) is 0 Å². The number of para-hydroxylation sites is 1. The van der Waals surface area contributed by atoms with Crippen LogP contribution in [0.3, 0.4) is 0 Å². The Morgan fingerprint density at radius 1 is 1.38 bits per heavy atom. The van der Waals surface area contributed by atoms with E-state index < -0.39 is 11.5 Å². The fourth-order valence-corrected chi connectivity index (χ4v) is 3.26. The van der Waals surface area contributed by atoms with Crippen LogP contribution in [0.2, 0.25) is 0 Å². The summed E-state index contributed by atoms with van der Waals surface area (Å²) in [6.07, 6.45) is 0. The smallest absolute Gasteiger partial charge is 0.357 e. The Kier molecular flexibility index (Phi) is 3.26. The van der Waals surface area contributed by atoms with Crippen LogP contribution in [0.4, 0.5) is 5.00 Å². The van der Waals surface area contributed by atoms with E-state index in [2.05, 4.69) is 21.0 Å². The summed E-state index contributed by atoms with van der Waals surface area (Å²) in [5.41, 5.74) is 5.62. The molecule has 0 unspecified atom stereocenters. The van der Waals surface area contributed by atoms with Crippen LogP contribution in [0.25, 0.3) is 16.5 Å². The second-order valence-corrected chi connectivity index (χ2v) is 5.98. The Bertz CT molecular complexity index is 932. The zero-order chi connectivity index (χ0) is 15.1. The maximum atomic E-state index is 12.6. The number of thiophene rings is 1. The second-order valence-electron chi connectivity index (χ2n) is 4.21. The predicted molar refractivity (Wildman–Crippen MR) is 84.3 cm³/mol. The van der Waals surface area contributed by atoms with Gasteiger partial charge in [0.15, 0.2) is 5.69 Å². The molecule has 0 aliphatic rings. The maximum Gasteiger partial charge on any atom is 0.357 e. The Balaban J connectivity index is 2.47. The Morgan fingerprint density at radius 2 is 2.10 bits per heavy atom. The van der Waals surface area contributed by atoms with Crippen LogP contribution in [0.5, 0.6) is 0 Å². The molecule has 3 N–H and O–H groups in total. The third kappa shape index (κ3) is 2.12. The number of hydrogen-bond acceptors (Lipinski definition) is 5. The highest BCUT2D eigenvalue weighted by molar-refractivity contribution is 9.10.